The Morgan fingerprint density at radius 3 is 2.40 bits per heavy atom. The topological polar surface area (TPSA) is 105 Å². The van der Waals surface area contributed by atoms with Gasteiger partial charge >= 0.3 is 6.03 Å². The minimum atomic E-state index is -1.65. The minimum absolute atomic E-state index is 0.125. The lowest BCUT2D eigenvalue weighted by Crippen LogP contribution is -2.54. The maximum absolute atomic E-state index is 15.2. The van der Waals surface area contributed by atoms with Gasteiger partial charge in [0, 0.05) is 57.6 Å². The van der Waals surface area contributed by atoms with E-state index in [4.69, 9.17) is 23.7 Å². The largest absolute Gasteiger partial charge is 0.450 e. The number of hydrogen-bond donors (Lipinski definition) is 2. The summed E-state index contributed by atoms with van der Waals surface area (Å²) in [5.74, 6) is -2.60. The predicted molar refractivity (Wildman–Crippen MR) is 151 cm³/mol. The third-order valence-electron chi connectivity index (χ3n) is 7.25. The van der Waals surface area contributed by atoms with E-state index < -0.39 is 42.8 Å². The van der Waals surface area contributed by atoms with Gasteiger partial charge in [0.2, 0.25) is 0 Å². The Morgan fingerprint density at radius 2 is 1.83 bits per heavy atom. The van der Waals surface area contributed by atoms with Crippen LogP contribution in [0.15, 0.2) is 30.6 Å². The first-order valence-corrected chi connectivity index (χ1v) is 17.3. The summed E-state index contributed by atoms with van der Waals surface area (Å²) in [5, 5.41) is 5.15. The van der Waals surface area contributed by atoms with Crippen molar-refractivity contribution in [2.24, 2.45) is 0 Å². The highest BCUT2D eigenvalue weighted by Gasteiger charge is 2.44. The van der Waals surface area contributed by atoms with Gasteiger partial charge in [-0.1, -0.05) is 19.6 Å². The average molecular weight is 609 g/mol. The van der Waals surface area contributed by atoms with Gasteiger partial charge in [-0.2, -0.15) is 0 Å². The van der Waals surface area contributed by atoms with E-state index in [1.807, 2.05) is 10.8 Å². The monoisotopic (exact) mass is 608 g/mol. The molecule has 2 saturated heterocycles. The van der Waals surface area contributed by atoms with Crippen LogP contribution in [0.25, 0.3) is 11.0 Å². The zero-order chi connectivity index (χ0) is 30.1. The molecular formula is C28H35F3N4O6Si. The van der Waals surface area contributed by atoms with Crippen LogP contribution in [0.4, 0.5) is 23.7 Å². The number of benzene rings is 1. The maximum Gasteiger partial charge on any atom is 0.319 e. The molecule has 0 aliphatic carbocycles. The molecule has 2 fully saturated rings. The molecule has 228 valence electrons. The molecule has 0 bridgehead atoms. The summed E-state index contributed by atoms with van der Waals surface area (Å²) in [4.78, 5) is 16.7. The van der Waals surface area contributed by atoms with E-state index in [9.17, 15) is 9.18 Å². The van der Waals surface area contributed by atoms with Gasteiger partial charge in [0.25, 0.3) is 0 Å². The molecule has 0 radical (unpaired) electrons. The summed E-state index contributed by atoms with van der Waals surface area (Å²) in [6.07, 6.45) is 3.33. The molecule has 14 heteroatoms. The normalized spacial score (nSPS) is 17.4. The number of aromatic nitrogens is 2. The first-order chi connectivity index (χ1) is 19.9. The Kier molecular flexibility index (Phi) is 8.54. The van der Waals surface area contributed by atoms with Crippen molar-refractivity contribution in [2.45, 2.75) is 43.7 Å². The SMILES string of the molecule is COC1(c2cn(COCC[Si](C)(C)C)c3nccc(Oc4c(F)cc(NC(=O)NCC5(F)COC5)cc4F)c23)COC1. The number of methoxy groups -OCH3 is 1. The van der Waals surface area contributed by atoms with E-state index in [1.165, 1.54) is 12.3 Å². The molecule has 2 N–H and O–H groups in total. The number of anilines is 1. The molecule has 3 aromatic rings. The van der Waals surface area contributed by atoms with Crippen LogP contribution < -0.4 is 15.4 Å². The van der Waals surface area contributed by atoms with E-state index in [1.54, 1.807) is 7.11 Å². The number of nitrogens with zero attached hydrogens (tertiary/aromatic N) is 2. The Balaban J connectivity index is 1.39. The number of carbonyl (C=O) groups excluding carboxylic acids is 1. The molecule has 0 saturated carbocycles. The van der Waals surface area contributed by atoms with Crippen molar-refractivity contribution in [2.75, 3.05) is 52.0 Å². The fourth-order valence-electron chi connectivity index (χ4n) is 4.61. The zero-order valence-electron chi connectivity index (χ0n) is 24.0. The van der Waals surface area contributed by atoms with Gasteiger partial charge in [-0.25, -0.2) is 22.9 Å². The summed E-state index contributed by atoms with van der Waals surface area (Å²) >= 11 is 0. The van der Waals surface area contributed by atoms with Gasteiger partial charge < -0.3 is 38.9 Å². The Hall–Kier alpha value is -3.17. The van der Waals surface area contributed by atoms with Gasteiger partial charge in [0.15, 0.2) is 23.1 Å². The molecule has 42 heavy (non-hydrogen) atoms. The summed E-state index contributed by atoms with van der Waals surface area (Å²) in [6, 6.07) is 3.53. The maximum atomic E-state index is 15.2. The average Bonchev–Trinajstić information content (AvgIpc) is 3.25. The number of fused-ring (bicyclic) bond motifs is 1. The standard InChI is InChI=1S/C28H35F3N4O6Si/c1-37-28(15-40-16-28)19-11-35(17-38-7-8-42(2,3)4)25-23(19)22(5-6-32-25)41-24-20(29)9-18(10-21(24)30)34-26(36)33-12-27(31)13-39-14-27/h5-6,9-11H,7-8,12-17H2,1-4H3,(H2,33,34,36). The van der Waals surface area contributed by atoms with Crippen molar-refractivity contribution in [3.8, 4) is 11.5 Å². The minimum Gasteiger partial charge on any atom is -0.450 e. The first kappa shape index (κ1) is 30.3. The van der Waals surface area contributed by atoms with Crippen molar-refractivity contribution in [1.82, 2.24) is 14.9 Å². The van der Waals surface area contributed by atoms with Crippen LogP contribution in [-0.2, 0) is 31.3 Å². The van der Waals surface area contributed by atoms with Crippen molar-refractivity contribution < 1.29 is 41.7 Å². The first-order valence-electron chi connectivity index (χ1n) is 13.6. The fourth-order valence-corrected chi connectivity index (χ4v) is 5.36. The smallest absolute Gasteiger partial charge is 0.319 e. The quantitative estimate of drug-likeness (QED) is 0.217. The summed E-state index contributed by atoms with van der Waals surface area (Å²) in [6.45, 7) is 7.66. The van der Waals surface area contributed by atoms with Crippen LogP contribution in [0.3, 0.4) is 0 Å². The van der Waals surface area contributed by atoms with Crippen molar-refractivity contribution in [3.63, 3.8) is 0 Å². The van der Waals surface area contributed by atoms with E-state index in [-0.39, 0.29) is 51.1 Å². The number of carbonyl (C=O) groups is 1. The number of halogens is 3. The second-order valence-electron chi connectivity index (χ2n) is 11.9. The number of alkyl halides is 1. The number of urea groups is 1. The molecule has 5 rings (SSSR count). The number of amides is 2. The molecule has 2 aliphatic heterocycles. The van der Waals surface area contributed by atoms with Crippen LogP contribution in [0.5, 0.6) is 11.5 Å². The highest BCUT2D eigenvalue weighted by Crippen LogP contribution is 2.43. The zero-order valence-corrected chi connectivity index (χ0v) is 25.0. The third-order valence-corrected chi connectivity index (χ3v) is 8.96. The van der Waals surface area contributed by atoms with Crippen LogP contribution in [0.2, 0.25) is 25.7 Å². The van der Waals surface area contributed by atoms with Gasteiger partial charge in [-0.3, -0.25) is 0 Å². The summed E-state index contributed by atoms with van der Waals surface area (Å²) in [7, 11) is 0.284. The molecular weight excluding hydrogens is 573 g/mol. The van der Waals surface area contributed by atoms with Crippen molar-refractivity contribution >= 4 is 30.8 Å². The number of ether oxygens (including phenoxy) is 5. The lowest BCUT2D eigenvalue weighted by molar-refractivity contribution is -0.201. The molecule has 2 amide bonds. The third kappa shape index (κ3) is 6.42. The van der Waals surface area contributed by atoms with Gasteiger partial charge in [0.05, 0.1) is 38.4 Å². The van der Waals surface area contributed by atoms with E-state index in [2.05, 4.69) is 35.3 Å². The summed E-state index contributed by atoms with van der Waals surface area (Å²) < 4.78 is 74.1. The van der Waals surface area contributed by atoms with Crippen LogP contribution in [0, 0.1) is 11.6 Å². The number of rotatable bonds is 12. The highest BCUT2D eigenvalue weighted by molar-refractivity contribution is 6.76. The fraction of sp³-hybridized carbons (Fsp3) is 0.500. The van der Waals surface area contributed by atoms with Crippen molar-refractivity contribution in [1.29, 1.82) is 0 Å². The molecule has 2 aliphatic rings. The van der Waals surface area contributed by atoms with Crippen LogP contribution in [0.1, 0.15) is 5.56 Å². The van der Waals surface area contributed by atoms with Gasteiger partial charge in [-0.05, 0) is 12.1 Å². The van der Waals surface area contributed by atoms with Crippen molar-refractivity contribution in [3.05, 3.63) is 47.8 Å². The second-order valence-corrected chi connectivity index (χ2v) is 17.5. The number of nitrogens with one attached hydrogen (secondary N) is 2. The molecule has 1 aromatic carbocycles. The summed E-state index contributed by atoms with van der Waals surface area (Å²) in [5.41, 5.74) is -1.41. The molecule has 0 spiro atoms. The predicted octanol–water partition coefficient (Wildman–Crippen LogP) is 5.15. The van der Waals surface area contributed by atoms with E-state index in [0.717, 1.165) is 18.2 Å². The van der Waals surface area contributed by atoms with Crippen LogP contribution in [-0.4, -0.2) is 76.0 Å². The lowest BCUT2D eigenvalue weighted by Gasteiger charge is -2.40. The van der Waals surface area contributed by atoms with Crippen LogP contribution >= 0.6 is 0 Å². The Morgan fingerprint density at radius 1 is 1.14 bits per heavy atom. The number of hydrogen-bond acceptors (Lipinski definition) is 7. The second kappa shape index (κ2) is 11.8. The number of pyridine rings is 1. The van der Waals surface area contributed by atoms with E-state index in [0.29, 0.717) is 23.2 Å². The Labute approximate surface area is 242 Å². The Bertz CT molecular complexity index is 1430. The lowest BCUT2D eigenvalue weighted by atomic mass is 9.91. The highest BCUT2D eigenvalue weighted by atomic mass is 28.3. The van der Waals surface area contributed by atoms with Gasteiger partial charge in [0.1, 0.15) is 23.7 Å². The van der Waals surface area contributed by atoms with Gasteiger partial charge in [-0.15, -0.1) is 0 Å². The molecule has 0 unspecified atom stereocenters. The molecule has 0 atom stereocenters. The van der Waals surface area contributed by atoms with E-state index >= 15 is 8.78 Å². The molecule has 2 aromatic heterocycles. The molecule has 10 nitrogen and oxygen atoms in total. The molecule has 4 heterocycles.